The highest BCUT2D eigenvalue weighted by Gasteiger charge is 2.20. The summed E-state index contributed by atoms with van der Waals surface area (Å²) in [5, 5.41) is 19.6. The second kappa shape index (κ2) is 16.4. The number of rotatable bonds is 13. The minimum Gasteiger partial charge on any atom is -0.359 e. The zero-order valence-corrected chi connectivity index (χ0v) is 29.9. The normalized spacial score (nSPS) is 11.1. The van der Waals surface area contributed by atoms with Crippen molar-refractivity contribution in [3.05, 3.63) is 83.4 Å². The molecule has 4 aromatic heterocycles. The zero-order valence-electron chi connectivity index (χ0n) is 29.1. The van der Waals surface area contributed by atoms with Gasteiger partial charge in [0.15, 0.2) is 5.96 Å². The topological polar surface area (TPSA) is 202 Å². The van der Waals surface area contributed by atoms with Crippen molar-refractivity contribution in [2.45, 2.75) is 6.42 Å². The van der Waals surface area contributed by atoms with Crippen LogP contribution in [0.15, 0.2) is 65.7 Å². The highest BCUT2D eigenvalue weighted by Crippen LogP contribution is 2.21. The number of halogens is 1. The lowest BCUT2D eigenvalue weighted by Crippen LogP contribution is -2.36. The molecule has 0 aromatic carbocycles. The minimum atomic E-state index is -0.590. The molecule has 0 aliphatic carbocycles. The van der Waals surface area contributed by atoms with Crippen LogP contribution in [0.3, 0.4) is 0 Å². The lowest BCUT2D eigenvalue weighted by atomic mass is 10.3. The van der Waals surface area contributed by atoms with Crippen LogP contribution in [0.25, 0.3) is 0 Å². The Morgan fingerprint density at radius 1 is 0.627 bits per heavy atom. The number of aliphatic imine (C=N–C) groups is 1. The number of carbonyl (C=O) groups excluding carboxylic acids is 5. The molecule has 0 unspecified atom stereocenters. The predicted molar refractivity (Wildman–Crippen MR) is 197 cm³/mol. The Hall–Kier alpha value is -6.23. The molecular weight excluding hydrogens is 680 g/mol. The number of aryl methyl sites for hydroxylation is 4. The molecule has 0 radical (unpaired) electrons. The van der Waals surface area contributed by atoms with E-state index in [2.05, 4.69) is 48.8 Å². The number of nitrogens with zero attached hydrogens (tertiary/aromatic N) is 5. The van der Waals surface area contributed by atoms with Gasteiger partial charge in [0.05, 0.1) is 27.8 Å². The van der Waals surface area contributed by atoms with E-state index in [1.165, 1.54) is 22.8 Å². The average Bonchev–Trinajstić information content (AvgIpc) is 3.83. The van der Waals surface area contributed by atoms with Crippen LogP contribution in [-0.2, 0) is 33.0 Å². The molecule has 51 heavy (non-hydrogen) atoms. The molecule has 0 saturated carbocycles. The number of guanidine groups is 1. The molecule has 0 spiro atoms. The van der Waals surface area contributed by atoms with Crippen molar-refractivity contribution in [3.63, 3.8) is 0 Å². The minimum absolute atomic E-state index is 0.193. The Morgan fingerprint density at radius 2 is 0.980 bits per heavy atom. The van der Waals surface area contributed by atoms with Crippen molar-refractivity contribution in [1.82, 2.24) is 34.2 Å². The van der Waals surface area contributed by atoms with Crippen LogP contribution in [0.1, 0.15) is 48.4 Å². The lowest BCUT2D eigenvalue weighted by Gasteiger charge is -2.09. The number of aromatic nitrogens is 4. The molecule has 5 amide bonds. The third kappa shape index (κ3) is 9.48. The van der Waals surface area contributed by atoms with Gasteiger partial charge in [0, 0.05) is 80.2 Å². The van der Waals surface area contributed by atoms with Crippen molar-refractivity contribution in [3.8, 4) is 0 Å². The van der Waals surface area contributed by atoms with Crippen LogP contribution in [-0.4, -0.2) is 80.9 Å². The van der Waals surface area contributed by atoms with Crippen LogP contribution in [0.2, 0.25) is 0 Å². The van der Waals surface area contributed by atoms with Crippen LogP contribution in [0, 0.1) is 0 Å². The zero-order chi connectivity index (χ0) is 37.4. The quantitative estimate of drug-likeness (QED) is 0.0476. The van der Waals surface area contributed by atoms with Gasteiger partial charge in [-0.25, -0.2) is 0 Å². The van der Waals surface area contributed by atoms with Crippen LogP contribution in [0.4, 0.5) is 22.7 Å². The number of carbonyl (C=O) groups is 5. The molecule has 18 heteroatoms. The van der Waals surface area contributed by atoms with Crippen molar-refractivity contribution >= 4 is 69.8 Å². The fourth-order valence-corrected chi connectivity index (χ4v) is 5.13. The Morgan fingerprint density at radius 3 is 1.33 bits per heavy atom. The SMILES string of the molecule is C=C(Cl)C(=O)Nc1cc(C(=O)Nc2cc(C(=O)Nc3cc(C(=O)Nc4cc(C(=O)NCCCNC(=NC)NC)n(C)c4)n(C)c3)n(C)c2)n(C)c1. The van der Waals surface area contributed by atoms with Gasteiger partial charge in [-0.05, 0) is 30.7 Å². The summed E-state index contributed by atoms with van der Waals surface area (Å²) in [6.45, 7) is 4.44. The van der Waals surface area contributed by atoms with Crippen molar-refractivity contribution < 1.29 is 24.0 Å². The average molecular weight is 721 g/mol. The largest absolute Gasteiger partial charge is 0.359 e. The van der Waals surface area contributed by atoms with E-state index in [1.807, 2.05) is 0 Å². The van der Waals surface area contributed by atoms with E-state index in [0.29, 0.717) is 53.9 Å². The summed E-state index contributed by atoms with van der Waals surface area (Å²) in [5.74, 6) is -1.60. The number of anilines is 4. The fraction of sp³-hybridized carbons (Fsp3) is 0.273. The Bertz CT molecular complexity index is 2010. The highest BCUT2D eigenvalue weighted by atomic mass is 35.5. The Balaban J connectivity index is 1.33. The molecule has 0 bridgehead atoms. The number of hydrogen-bond acceptors (Lipinski definition) is 6. The second-order valence-electron chi connectivity index (χ2n) is 11.5. The first kappa shape index (κ1) is 37.6. The maximum absolute atomic E-state index is 13.2. The highest BCUT2D eigenvalue weighted by molar-refractivity contribution is 6.43. The summed E-state index contributed by atoms with van der Waals surface area (Å²) >= 11 is 5.62. The predicted octanol–water partition coefficient (Wildman–Crippen LogP) is 2.40. The van der Waals surface area contributed by atoms with Crippen LogP contribution in [0.5, 0.6) is 0 Å². The van der Waals surface area contributed by atoms with Gasteiger partial charge >= 0.3 is 0 Å². The van der Waals surface area contributed by atoms with E-state index in [-0.39, 0.29) is 28.0 Å². The molecule has 0 aliphatic heterocycles. The molecule has 4 heterocycles. The van der Waals surface area contributed by atoms with E-state index in [4.69, 9.17) is 11.6 Å². The maximum Gasteiger partial charge on any atom is 0.272 e. The van der Waals surface area contributed by atoms with Gasteiger partial charge in [0.1, 0.15) is 22.8 Å². The van der Waals surface area contributed by atoms with Gasteiger partial charge in [-0.1, -0.05) is 18.2 Å². The smallest absolute Gasteiger partial charge is 0.272 e. The summed E-state index contributed by atoms with van der Waals surface area (Å²) in [5.41, 5.74) is 2.63. The molecule has 0 aliphatic rings. The summed E-state index contributed by atoms with van der Waals surface area (Å²) in [6, 6.07) is 6.09. The van der Waals surface area contributed by atoms with Crippen LogP contribution >= 0.6 is 11.6 Å². The van der Waals surface area contributed by atoms with E-state index in [0.717, 1.165) is 0 Å². The molecule has 0 saturated heterocycles. The van der Waals surface area contributed by atoms with Gasteiger partial charge in [0.25, 0.3) is 29.5 Å². The molecular formula is C33H41ClN12O5. The standard InChI is InChI=1S/C33H41ClN12O5/c1-19(34)28(47)39-20-12-25(44(5)15-20)30(49)41-22-14-27(46(7)17-22)32(51)42-23-13-26(45(6)18-23)31(50)40-21-11-24(43(4)16-21)29(48)37-9-8-10-38-33(35-2)36-3/h11-18H,1,8-10H2,2-7H3,(H,37,48)(H,39,47)(H,40,50)(H,41,49)(H,42,51)(H2,35,36,38). The number of amides is 5. The second-order valence-corrected chi connectivity index (χ2v) is 11.9. The van der Waals surface area contributed by atoms with Gasteiger partial charge in [-0.15, -0.1) is 0 Å². The van der Waals surface area contributed by atoms with Crippen molar-refractivity contribution in [1.29, 1.82) is 0 Å². The molecule has 4 aromatic rings. The first-order valence-corrected chi connectivity index (χ1v) is 16.0. The number of hydrogen-bond donors (Lipinski definition) is 7. The molecule has 4 rings (SSSR count). The Kier molecular flexibility index (Phi) is 12.1. The summed E-state index contributed by atoms with van der Waals surface area (Å²) in [6.07, 6.45) is 7.03. The van der Waals surface area contributed by atoms with Gasteiger partial charge < -0.3 is 55.5 Å². The molecule has 7 N–H and O–H groups in total. The molecule has 17 nitrogen and oxygen atoms in total. The van der Waals surface area contributed by atoms with Crippen molar-refractivity contribution in [2.24, 2.45) is 33.2 Å². The van der Waals surface area contributed by atoms with E-state index >= 15 is 0 Å². The van der Waals surface area contributed by atoms with Gasteiger partial charge in [-0.3, -0.25) is 29.0 Å². The van der Waals surface area contributed by atoms with Crippen LogP contribution < -0.4 is 37.2 Å². The Labute approximate surface area is 299 Å². The van der Waals surface area contributed by atoms with Crippen molar-refractivity contribution in [2.75, 3.05) is 48.5 Å². The van der Waals surface area contributed by atoms with Gasteiger partial charge in [0.2, 0.25) is 0 Å². The molecule has 0 atom stereocenters. The summed E-state index contributed by atoms with van der Waals surface area (Å²) < 4.78 is 6.26. The fourth-order valence-electron chi connectivity index (χ4n) is 5.09. The molecule has 0 fully saturated rings. The van der Waals surface area contributed by atoms with E-state index < -0.39 is 23.6 Å². The number of nitrogens with one attached hydrogen (secondary N) is 7. The third-order valence-electron chi connectivity index (χ3n) is 7.62. The summed E-state index contributed by atoms with van der Waals surface area (Å²) in [4.78, 5) is 67.9. The maximum atomic E-state index is 13.2. The monoisotopic (exact) mass is 720 g/mol. The lowest BCUT2D eigenvalue weighted by molar-refractivity contribution is -0.112. The van der Waals surface area contributed by atoms with E-state index in [9.17, 15) is 24.0 Å². The first-order valence-electron chi connectivity index (χ1n) is 15.6. The van der Waals surface area contributed by atoms with Gasteiger partial charge in [-0.2, -0.15) is 0 Å². The first-order chi connectivity index (χ1) is 24.2. The van der Waals surface area contributed by atoms with E-state index in [1.54, 1.807) is 86.8 Å². The third-order valence-corrected chi connectivity index (χ3v) is 7.79. The molecule has 270 valence electrons. The summed E-state index contributed by atoms with van der Waals surface area (Å²) in [7, 11) is 10.1.